The number of rotatable bonds is 6. The fraction of sp³-hybridized carbons (Fsp3) is 0.0370. The zero-order valence-electron chi connectivity index (χ0n) is 31.4. The summed E-state index contributed by atoms with van der Waals surface area (Å²) in [5.41, 5.74) is 17.3. The van der Waals surface area contributed by atoms with E-state index in [4.69, 9.17) is 14.4 Å². The van der Waals surface area contributed by atoms with E-state index in [-0.39, 0.29) is 5.41 Å². The van der Waals surface area contributed by atoms with Crippen LogP contribution in [0.25, 0.3) is 89.2 Å². The van der Waals surface area contributed by atoms with Crippen molar-refractivity contribution in [2.45, 2.75) is 12.3 Å². The highest BCUT2D eigenvalue weighted by atomic mass is 16.3. The number of aromatic nitrogens is 2. The van der Waals surface area contributed by atoms with E-state index in [2.05, 4.69) is 177 Å². The molecule has 10 aromatic rings. The fourth-order valence-electron chi connectivity index (χ4n) is 8.85. The first-order valence-electron chi connectivity index (χ1n) is 19.5. The van der Waals surface area contributed by atoms with Gasteiger partial charge in [-0.1, -0.05) is 146 Å². The number of furan rings is 1. The van der Waals surface area contributed by atoms with E-state index in [9.17, 15) is 0 Å². The standard InChI is InChI=1S/C54H36N2O/c1-54(42-19-9-4-10-20-42)47-23-13-11-21-43(47)45-32-37(25-27-48(45)54)40-29-39(35-15-5-2-6-16-35)30-41(31-40)50-34-49(55-53(56-50)36-17-7-3-8-18-36)38-26-28-52-46(33-38)44-22-12-14-24-51(44)57-52/h2-34H,1H3. The maximum atomic E-state index is 6.19. The summed E-state index contributed by atoms with van der Waals surface area (Å²) in [5.74, 6) is 0.682. The molecule has 0 bridgehead atoms. The maximum Gasteiger partial charge on any atom is 0.160 e. The van der Waals surface area contributed by atoms with Gasteiger partial charge in [0.15, 0.2) is 5.82 Å². The Bertz CT molecular complexity index is 3130. The summed E-state index contributed by atoms with van der Waals surface area (Å²) in [5, 5.41) is 2.16. The molecular weight excluding hydrogens is 693 g/mol. The first-order valence-corrected chi connectivity index (χ1v) is 19.5. The predicted molar refractivity (Wildman–Crippen MR) is 234 cm³/mol. The highest BCUT2D eigenvalue weighted by molar-refractivity contribution is 6.06. The van der Waals surface area contributed by atoms with Crippen LogP contribution in [0, 0.1) is 0 Å². The Morgan fingerprint density at radius 3 is 1.74 bits per heavy atom. The molecule has 0 radical (unpaired) electrons. The molecule has 57 heavy (non-hydrogen) atoms. The minimum atomic E-state index is -0.250. The second-order valence-electron chi connectivity index (χ2n) is 15.1. The molecule has 0 aliphatic heterocycles. The van der Waals surface area contributed by atoms with Crippen LogP contribution in [0.2, 0.25) is 0 Å². The van der Waals surface area contributed by atoms with Crippen molar-refractivity contribution in [1.82, 2.24) is 9.97 Å². The molecule has 3 nitrogen and oxygen atoms in total. The lowest BCUT2D eigenvalue weighted by Crippen LogP contribution is -2.22. The second kappa shape index (κ2) is 13.1. The molecule has 1 aliphatic carbocycles. The van der Waals surface area contributed by atoms with E-state index in [1.165, 1.54) is 27.8 Å². The lowest BCUT2D eigenvalue weighted by Gasteiger charge is -2.28. The number of fused-ring (bicyclic) bond motifs is 6. The van der Waals surface area contributed by atoms with Crippen LogP contribution in [0.15, 0.2) is 205 Å². The Balaban J connectivity index is 1.11. The van der Waals surface area contributed by atoms with Gasteiger partial charge in [-0.3, -0.25) is 0 Å². The number of hydrogen-bond acceptors (Lipinski definition) is 3. The zero-order chi connectivity index (χ0) is 37.9. The quantitative estimate of drug-likeness (QED) is 0.171. The summed E-state index contributed by atoms with van der Waals surface area (Å²) in [7, 11) is 0. The molecule has 11 rings (SSSR count). The molecule has 0 amide bonds. The average molecular weight is 729 g/mol. The molecule has 0 spiro atoms. The molecule has 2 heterocycles. The summed E-state index contributed by atoms with van der Waals surface area (Å²) in [4.78, 5) is 10.5. The first-order chi connectivity index (χ1) is 28.1. The van der Waals surface area contributed by atoms with Crippen LogP contribution in [0.1, 0.15) is 23.6 Å². The van der Waals surface area contributed by atoms with Crippen molar-refractivity contribution in [3.8, 4) is 67.3 Å². The minimum Gasteiger partial charge on any atom is -0.456 e. The van der Waals surface area contributed by atoms with Crippen LogP contribution in [0.4, 0.5) is 0 Å². The van der Waals surface area contributed by atoms with Gasteiger partial charge in [0.2, 0.25) is 0 Å². The zero-order valence-corrected chi connectivity index (χ0v) is 31.4. The third kappa shape index (κ3) is 5.50. The molecule has 1 unspecified atom stereocenters. The smallest absolute Gasteiger partial charge is 0.160 e. The third-order valence-electron chi connectivity index (χ3n) is 11.8. The van der Waals surface area contributed by atoms with Crippen LogP contribution in [-0.2, 0) is 5.41 Å². The van der Waals surface area contributed by atoms with Crippen molar-refractivity contribution in [1.29, 1.82) is 0 Å². The predicted octanol–water partition coefficient (Wildman–Crippen LogP) is 14.0. The molecule has 0 saturated heterocycles. The Hall–Kier alpha value is -7.36. The van der Waals surface area contributed by atoms with Gasteiger partial charge in [0.1, 0.15) is 11.2 Å². The molecule has 1 aliphatic rings. The number of para-hydroxylation sites is 1. The molecule has 2 aromatic heterocycles. The van der Waals surface area contributed by atoms with Crippen molar-refractivity contribution >= 4 is 21.9 Å². The topological polar surface area (TPSA) is 38.9 Å². The Morgan fingerprint density at radius 1 is 0.368 bits per heavy atom. The highest BCUT2D eigenvalue weighted by Gasteiger charge is 2.40. The van der Waals surface area contributed by atoms with Crippen LogP contribution in [-0.4, -0.2) is 9.97 Å². The van der Waals surface area contributed by atoms with Gasteiger partial charge in [0.05, 0.1) is 11.4 Å². The van der Waals surface area contributed by atoms with Crippen LogP contribution < -0.4 is 0 Å². The van der Waals surface area contributed by atoms with Gasteiger partial charge in [0, 0.05) is 32.9 Å². The first kappa shape index (κ1) is 33.0. The molecule has 268 valence electrons. The summed E-state index contributed by atoms with van der Waals surface area (Å²) in [6, 6.07) is 71.2. The second-order valence-corrected chi connectivity index (χ2v) is 15.1. The van der Waals surface area contributed by atoms with Crippen molar-refractivity contribution in [3.05, 3.63) is 217 Å². The maximum absolute atomic E-state index is 6.19. The molecule has 0 N–H and O–H groups in total. The number of benzene rings is 8. The third-order valence-corrected chi connectivity index (χ3v) is 11.8. The SMILES string of the molecule is CC1(c2ccccc2)c2ccccc2-c2cc(-c3cc(-c4ccccc4)cc(-c4cc(-c5ccc6oc7ccccc7c6c5)nc(-c5ccccc5)n4)c3)ccc21. The molecule has 3 heteroatoms. The van der Waals surface area contributed by atoms with E-state index in [0.29, 0.717) is 5.82 Å². The van der Waals surface area contributed by atoms with Crippen molar-refractivity contribution in [2.24, 2.45) is 0 Å². The summed E-state index contributed by atoms with van der Waals surface area (Å²) in [6.45, 7) is 2.37. The minimum absolute atomic E-state index is 0.250. The van der Waals surface area contributed by atoms with E-state index >= 15 is 0 Å². The summed E-state index contributed by atoms with van der Waals surface area (Å²) >= 11 is 0. The van der Waals surface area contributed by atoms with E-state index in [1.807, 2.05) is 30.3 Å². The Kier molecular flexibility index (Phi) is 7.61. The largest absolute Gasteiger partial charge is 0.456 e. The van der Waals surface area contributed by atoms with Gasteiger partial charge in [-0.25, -0.2) is 9.97 Å². The normalized spacial score (nSPS) is 14.5. The van der Waals surface area contributed by atoms with Crippen molar-refractivity contribution < 1.29 is 4.42 Å². The van der Waals surface area contributed by atoms with Gasteiger partial charge < -0.3 is 4.42 Å². The van der Waals surface area contributed by atoms with Crippen molar-refractivity contribution in [2.75, 3.05) is 0 Å². The fourth-order valence-corrected chi connectivity index (χ4v) is 8.85. The highest BCUT2D eigenvalue weighted by Crippen LogP contribution is 2.53. The Morgan fingerprint density at radius 2 is 0.947 bits per heavy atom. The molecule has 1 atom stereocenters. The van der Waals surface area contributed by atoms with Gasteiger partial charge >= 0.3 is 0 Å². The number of hydrogen-bond donors (Lipinski definition) is 0. The van der Waals surface area contributed by atoms with Crippen LogP contribution >= 0.6 is 0 Å². The Labute approximate surface area is 331 Å². The van der Waals surface area contributed by atoms with E-state index < -0.39 is 0 Å². The molecular formula is C54H36N2O. The van der Waals surface area contributed by atoms with Crippen LogP contribution in [0.3, 0.4) is 0 Å². The summed E-state index contributed by atoms with van der Waals surface area (Å²) in [6.07, 6.45) is 0. The summed E-state index contributed by atoms with van der Waals surface area (Å²) < 4.78 is 6.19. The van der Waals surface area contributed by atoms with Crippen LogP contribution in [0.5, 0.6) is 0 Å². The lowest BCUT2D eigenvalue weighted by atomic mass is 9.74. The van der Waals surface area contributed by atoms with E-state index in [0.717, 1.165) is 72.3 Å². The number of nitrogens with zero attached hydrogens (tertiary/aromatic N) is 2. The molecule has 0 fully saturated rings. The molecule has 8 aromatic carbocycles. The average Bonchev–Trinajstić information content (AvgIpc) is 3.79. The van der Waals surface area contributed by atoms with Gasteiger partial charge in [-0.2, -0.15) is 0 Å². The van der Waals surface area contributed by atoms with Gasteiger partial charge in [-0.05, 0) is 112 Å². The van der Waals surface area contributed by atoms with Crippen molar-refractivity contribution in [3.63, 3.8) is 0 Å². The monoisotopic (exact) mass is 728 g/mol. The molecule has 0 saturated carbocycles. The lowest BCUT2D eigenvalue weighted by molar-refractivity contribution is 0.669. The van der Waals surface area contributed by atoms with E-state index in [1.54, 1.807) is 0 Å². The van der Waals surface area contributed by atoms with Gasteiger partial charge in [-0.15, -0.1) is 0 Å². The van der Waals surface area contributed by atoms with Gasteiger partial charge in [0.25, 0.3) is 0 Å².